The van der Waals surface area contributed by atoms with Crippen LogP contribution < -0.4 is 5.32 Å². The van der Waals surface area contributed by atoms with E-state index in [-0.39, 0.29) is 30.2 Å². The third-order valence-corrected chi connectivity index (χ3v) is 5.04. The lowest BCUT2D eigenvalue weighted by atomic mass is 9.97. The van der Waals surface area contributed by atoms with E-state index >= 15 is 0 Å². The van der Waals surface area contributed by atoms with Gasteiger partial charge in [0, 0.05) is 24.5 Å². The van der Waals surface area contributed by atoms with Gasteiger partial charge in [0.25, 0.3) is 0 Å². The maximum atomic E-state index is 11.9. The van der Waals surface area contributed by atoms with Crippen molar-refractivity contribution >= 4 is 21.7 Å². The van der Waals surface area contributed by atoms with Crippen molar-refractivity contribution in [3.63, 3.8) is 0 Å². The molecule has 2 aliphatic heterocycles. The van der Waals surface area contributed by atoms with Crippen molar-refractivity contribution in [2.45, 2.75) is 18.9 Å². The number of hydrogen-bond acceptors (Lipinski definition) is 5. The van der Waals surface area contributed by atoms with Gasteiger partial charge in [0.15, 0.2) is 9.84 Å². The summed E-state index contributed by atoms with van der Waals surface area (Å²) in [5.74, 6) is -1.31. The molecule has 20 heavy (non-hydrogen) atoms. The molecule has 0 aromatic heterocycles. The number of aliphatic carboxylic acids is 1. The van der Waals surface area contributed by atoms with Crippen LogP contribution in [0.5, 0.6) is 0 Å². The first-order valence-electron chi connectivity index (χ1n) is 6.52. The van der Waals surface area contributed by atoms with E-state index in [2.05, 4.69) is 5.32 Å². The van der Waals surface area contributed by atoms with Gasteiger partial charge in [-0.15, -0.1) is 0 Å². The van der Waals surface area contributed by atoms with Gasteiger partial charge in [-0.05, 0) is 12.8 Å². The molecule has 0 radical (unpaired) electrons. The van der Waals surface area contributed by atoms with Crippen LogP contribution in [0.3, 0.4) is 0 Å². The normalized spacial score (nSPS) is 25.8. The van der Waals surface area contributed by atoms with Gasteiger partial charge in [0.1, 0.15) is 0 Å². The Morgan fingerprint density at radius 2 is 1.95 bits per heavy atom. The number of carboxylic acid groups (broad SMARTS) is 1. The van der Waals surface area contributed by atoms with Crippen molar-refractivity contribution < 1.29 is 23.1 Å². The first-order valence-corrected chi connectivity index (χ1v) is 8.24. The molecule has 1 fully saturated rings. The number of likely N-dealkylation sites (tertiary alicyclic amines) is 1. The summed E-state index contributed by atoms with van der Waals surface area (Å²) >= 11 is 0. The molecule has 0 aromatic carbocycles. The molecule has 1 saturated heterocycles. The molecule has 0 bridgehead atoms. The van der Waals surface area contributed by atoms with Crippen LogP contribution in [-0.4, -0.2) is 61.7 Å². The number of nitrogens with zero attached hydrogens (tertiary/aromatic N) is 1. The lowest BCUT2D eigenvalue weighted by Gasteiger charge is -2.30. The summed E-state index contributed by atoms with van der Waals surface area (Å²) in [5.41, 5.74) is 0. The lowest BCUT2D eigenvalue weighted by Crippen LogP contribution is -2.46. The van der Waals surface area contributed by atoms with E-state index in [1.807, 2.05) is 0 Å². The monoisotopic (exact) mass is 302 g/mol. The third-order valence-electron chi connectivity index (χ3n) is 3.64. The number of carboxylic acids is 1. The molecular formula is C12H18N2O5S. The van der Waals surface area contributed by atoms with Gasteiger partial charge in [-0.1, -0.05) is 6.08 Å². The van der Waals surface area contributed by atoms with Crippen LogP contribution in [0.1, 0.15) is 12.8 Å². The van der Waals surface area contributed by atoms with Crippen LogP contribution in [0.15, 0.2) is 11.5 Å². The summed E-state index contributed by atoms with van der Waals surface area (Å²) in [6.45, 7) is 0.953. The largest absolute Gasteiger partial charge is 0.481 e. The van der Waals surface area contributed by atoms with Gasteiger partial charge in [0.2, 0.25) is 5.91 Å². The predicted molar refractivity (Wildman–Crippen MR) is 71.7 cm³/mol. The fraction of sp³-hybridized carbons (Fsp3) is 0.667. The maximum absolute atomic E-state index is 11.9. The molecule has 0 aliphatic carbocycles. The average molecular weight is 302 g/mol. The van der Waals surface area contributed by atoms with E-state index in [9.17, 15) is 18.0 Å². The Kier molecular flexibility index (Phi) is 4.44. The van der Waals surface area contributed by atoms with Crippen LogP contribution in [0.25, 0.3) is 0 Å². The molecule has 1 unspecified atom stereocenters. The number of carbonyl (C=O) groups excluding carboxylic acids is 1. The van der Waals surface area contributed by atoms with Crippen molar-refractivity contribution in [2.75, 3.05) is 25.4 Å². The third kappa shape index (κ3) is 3.80. The fourth-order valence-corrected chi connectivity index (χ4v) is 3.68. The summed E-state index contributed by atoms with van der Waals surface area (Å²) < 4.78 is 22.4. The Balaban J connectivity index is 1.74. The zero-order valence-electron chi connectivity index (χ0n) is 11.0. The summed E-state index contributed by atoms with van der Waals surface area (Å²) in [4.78, 5) is 24.4. The molecule has 7 nitrogen and oxygen atoms in total. The highest BCUT2D eigenvalue weighted by atomic mass is 32.2. The SMILES string of the molecule is O=C(O)C1CCN(C(=O)CNC2C=CS(=O)(=O)C2)CC1. The first kappa shape index (κ1) is 15.0. The number of nitrogens with one attached hydrogen (secondary N) is 1. The zero-order chi connectivity index (χ0) is 14.8. The number of amides is 1. The van der Waals surface area contributed by atoms with E-state index in [1.165, 1.54) is 0 Å². The minimum atomic E-state index is -3.12. The molecule has 8 heteroatoms. The van der Waals surface area contributed by atoms with Gasteiger partial charge >= 0.3 is 5.97 Å². The Labute approximate surface area is 117 Å². The molecule has 1 amide bonds. The zero-order valence-corrected chi connectivity index (χ0v) is 11.8. The Morgan fingerprint density at radius 1 is 1.30 bits per heavy atom. The Bertz CT molecular complexity index is 520. The Morgan fingerprint density at radius 3 is 2.45 bits per heavy atom. The van der Waals surface area contributed by atoms with Crippen molar-refractivity contribution in [3.05, 3.63) is 11.5 Å². The van der Waals surface area contributed by atoms with E-state index in [4.69, 9.17) is 5.11 Å². The second-order valence-electron chi connectivity index (χ2n) is 5.14. The van der Waals surface area contributed by atoms with Crippen LogP contribution in [-0.2, 0) is 19.4 Å². The number of carbonyl (C=O) groups is 2. The molecule has 1 atom stereocenters. The topological polar surface area (TPSA) is 104 Å². The van der Waals surface area contributed by atoms with Crippen LogP contribution in [0.2, 0.25) is 0 Å². The molecule has 112 valence electrons. The summed E-state index contributed by atoms with van der Waals surface area (Å²) in [6.07, 6.45) is 2.48. The number of sulfone groups is 1. The second-order valence-corrected chi connectivity index (χ2v) is 7.07. The predicted octanol–water partition coefficient (Wildman–Crippen LogP) is -0.790. The molecule has 0 aromatic rings. The second kappa shape index (κ2) is 5.92. The van der Waals surface area contributed by atoms with Gasteiger partial charge in [-0.2, -0.15) is 0 Å². The molecule has 2 rings (SSSR count). The van der Waals surface area contributed by atoms with Crippen LogP contribution >= 0.6 is 0 Å². The van der Waals surface area contributed by atoms with Crippen molar-refractivity contribution in [1.82, 2.24) is 10.2 Å². The van der Waals surface area contributed by atoms with Crippen molar-refractivity contribution in [2.24, 2.45) is 5.92 Å². The van der Waals surface area contributed by atoms with Crippen LogP contribution in [0.4, 0.5) is 0 Å². The molecule has 0 spiro atoms. The molecule has 2 heterocycles. The summed E-state index contributed by atoms with van der Waals surface area (Å²) in [6, 6.07) is -0.319. The first-order chi connectivity index (χ1) is 9.37. The van der Waals surface area contributed by atoms with Gasteiger partial charge in [-0.3, -0.25) is 9.59 Å². The van der Waals surface area contributed by atoms with Crippen molar-refractivity contribution in [1.29, 1.82) is 0 Å². The van der Waals surface area contributed by atoms with E-state index < -0.39 is 15.8 Å². The highest BCUT2D eigenvalue weighted by molar-refractivity contribution is 7.94. The standard InChI is InChI=1S/C12H18N2O5S/c15-11(7-13-10-3-6-20(18,19)8-10)14-4-1-9(2-5-14)12(16)17/h3,6,9-10,13H,1-2,4-5,7-8H2,(H,16,17). The highest BCUT2D eigenvalue weighted by Crippen LogP contribution is 2.17. The number of rotatable bonds is 4. The van der Waals surface area contributed by atoms with Crippen LogP contribution in [0, 0.1) is 5.92 Å². The minimum Gasteiger partial charge on any atom is -0.481 e. The molecule has 2 N–H and O–H groups in total. The Hall–Kier alpha value is -1.41. The van der Waals surface area contributed by atoms with Crippen molar-refractivity contribution in [3.8, 4) is 0 Å². The maximum Gasteiger partial charge on any atom is 0.306 e. The average Bonchev–Trinajstić information content (AvgIpc) is 2.75. The molecule has 0 saturated carbocycles. The summed E-state index contributed by atoms with van der Waals surface area (Å²) in [7, 11) is -3.12. The minimum absolute atomic E-state index is 0.0125. The molecular weight excluding hydrogens is 284 g/mol. The smallest absolute Gasteiger partial charge is 0.306 e. The number of piperidine rings is 1. The van der Waals surface area contributed by atoms with Gasteiger partial charge < -0.3 is 15.3 Å². The highest BCUT2D eigenvalue weighted by Gasteiger charge is 2.27. The summed E-state index contributed by atoms with van der Waals surface area (Å²) in [5, 5.41) is 12.9. The lowest BCUT2D eigenvalue weighted by molar-refractivity contribution is -0.145. The quantitative estimate of drug-likeness (QED) is 0.705. The van der Waals surface area contributed by atoms with E-state index in [0.29, 0.717) is 25.9 Å². The number of hydrogen-bond donors (Lipinski definition) is 2. The van der Waals surface area contributed by atoms with Gasteiger partial charge in [0.05, 0.1) is 18.2 Å². The van der Waals surface area contributed by atoms with E-state index in [1.54, 1.807) is 11.0 Å². The van der Waals surface area contributed by atoms with Gasteiger partial charge in [-0.25, -0.2) is 8.42 Å². The van der Waals surface area contributed by atoms with E-state index in [0.717, 1.165) is 5.41 Å². The fourth-order valence-electron chi connectivity index (χ4n) is 2.41. The molecule has 2 aliphatic rings.